The first-order chi connectivity index (χ1) is 16.4. The van der Waals surface area contributed by atoms with Gasteiger partial charge in [0.05, 0.1) is 29.1 Å². The summed E-state index contributed by atoms with van der Waals surface area (Å²) >= 11 is 0. The summed E-state index contributed by atoms with van der Waals surface area (Å²) in [5.74, 6) is -0.270. The molecule has 1 amide bonds. The Labute approximate surface area is 199 Å². The molecule has 4 aromatic rings. The van der Waals surface area contributed by atoms with Gasteiger partial charge in [-0.15, -0.1) is 0 Å². The van der Waals surface area contributed by atoms with E-state index >= 15 is 0 Å². The van der Waals surface area contributed by atoms with Crippen LogP contribution in [0.4, 0.5) is 5.69 Å². The number of carbonyl (C=O) groups excluding carboxylic acids is 1. The maximum atomic E-state index is 13.3. The van der Waals surface area contributed by atoms with Crippen LogP contribution in [0.25, 0.3) is 5.69 Å². The van der Waals surface area contributed by atoms with Crippen molar-refractivity contribution in [2.45, 2.75) is 32.9 Å². The number of amides is 1. The lowest BCUT2D eigenvalue weighted by molar-refractivity contribution is 0.101. The number of rotatable bonds is 7. The average molecular weight is 450 g/mol. The Morgan fingerprint density at radius 1 is 0.941 bits per heavy atom. The quantitative estimate of drug-likeness (QED) is 0.396. The Balaban J connectivity index is 1.63. The number of anilines is 1. The first-order valence-corrected chi connectivity index (χ1v) is 11.2. The Hall–Kier alpha value is -4.21. The van der Waals surface area contributed by atoms with Gasteiger partial charge in [0.1, 0.15) is 5.69 Å². The molecule has 3 aromatic carbocycles. The van der Waals surface area contributed by atoms with E-state index in [1.54, 1.807) is 28.9 Å². The number of nitrogens with zero attached hydrogens (tertiary/aromatic N) is 3. The van der Waals surface area contributed by atoms with Gasteiger partial charge in [0.2, 0.25) is 0 Å². The fourth-order valence-electron chi connectivity index (χ4n) is 3.92. The summed E-state index contributed by atoms with van der Waals surface area (Å²) < 4.78 is 1.57. The lowest BCUT2D eigenvalue weighted by Gasteiger charge is -2.23. The van der Waals surface area contributed by atoms with Crippen molar-refractivity contribution in [2.24, 2.45) is 0 Å². The van der Waals surface area contributed by atoms with Crippen LogP contribution in [0.1, 0.15) is 52.8 Å². The zero-order chi connectivity index (χ0) is 24.1. The minimum atomic E-state index is -0.270. The van der Waals surface area contributed by atoms with Crippen LogP contribution >= 0.6 is 0 Å². The summed E-state index contributed by atoms with van der Waals surface area (Å²) in [6, 6.07) is 29.3. The molecule has 170 valence electrons. The van der Waals surface area contributed by atoms with Gasteiger partial charge in [0.25, 0.3) is 5.91 Å². The topological polar surface area (TPSA) is 82.7 Å². The molecule has 0 aliphatic heterocycles. The summed E-state index contributed by atoms with van der Waals surface area (Å²) in [7, 11) is 0. The molecular formula is C28H27N5O. The fourth-order valence-corrected chi connectivity index (χ4v) is 3.92. The molecule has 6 heteroatoms. The fraction of sp³-hybridized carbons (Fsp3) is 0.179. The zero-order valence-corrected chi connectivity index (χ0v) is 19.5. The largest absolute Gasteiger partial charge is 0.321 e. The molecule has 4 rings (SSSR count). The van der Waals surface area contributed by atoms with E-state index in [2.05, 4.69) is 53.8 Å². The predicted octanol–water partition coefficient (Wildman–Crippen LogP) is 5.39. The van der Waals surface area contributed by atoms with Crippen LogP contribution in [0.2, 0.25) is 0 Å². The van der Waals surface area contributed by atoms with Gasteiger partial charge < -0.3 is 10.6 Å². The number of aromatic nitrogens is 2. The van der Waals surface area contributed by atoms with Gasteiger partial charge in [-0.1, -0.05) is 48.5 Å². The first-order valence-electron chi connectivity index (χ1n) is 11.2. The molecule has 0 bridgehead atoms. The van der Waals surface area contributed by atoms with Crippen molar-refractivity contribution in [1.29, 1.82) is 5.26 Å². The van der Waals surface area contributed by atoms with Crippen LogP contribution < -0.4 is 10.6 Å². The van der Waals surface area contributed by atoms with Gasteiger partial charge in [0.15, 0.2) is 0 Å². The van der Waals surface area contributed by atoms with E-state index in [4.69, 9.17) is 0 Å². The molecule has 6 nitrogen and oxygen atoms in total. The van der Waals surface area contributed by atoms with Crippen LogP contribution in [-0.4, -0.2) is 21.7 Å². The summed E-state index contributed by atoms with van der Waals surface area (Å²) in [5, 5.41) is 20.3. The van der Waals surface area contributed by atoms with Crippen LogP contribution in [0.3, 0.4) is 0 Å². The van der Waals surface area contributed by atoms with Crippen molar-refractivity contribution in [3.8, 4) is 11.8 Å². The normalized spacial score (nSPS) is 11.7. The van der Waals surface area contributed by atoms with E-state index in [1.807, 2.05) is 49.4 Å². The molecule has 0 spiro atoms. The van der Waals surface area contributed by atoms with Gasteiger partial charge in [-0.2, -0.15) is 10.4 Å². The van der Waals surface area contributed by atoms with Crippen molar-refractivity contribution >= 4 is 11.6 Å². The highest BCUT2D eigenvalue weighted by Gasteiger charge is 2.18. The molecule has 0 aliphatic carbocycles. The maximum absolute atomic E-state index is 13.3. The Morgan fingerprint density at radius 3 is 2.41 bits per heavy atom. The minimum Gasteiger partial charge on any atom is -0.321 e. The third kappa shape index (κ3) is 5.22. The van der Waals surface area contributed by atoms with E-state index in [0.29, 0.717) is 28.3 Å². The highest BCUT2D eigenvalue weighted by Crippen LogP contribution is 2.25. The van der Waals surface area contributed by atoms with Crippen molar-refractivity contribution in [3.05, 3.63) is 113 Å². The number of nitrogens with one attached hydrogen (secondary N) is 2. The van der Waals surface area contributed by atoms with E-state index in [1.165, 1.54) is 0 Å². The molecule has 1 aromatic heterocycles. The standard InChI is InChI=1S/C28H27N5O/c1-19(2)30-27(22-10-5-4-6-11-22)23-12-8-13-24(17-23)31-28(34)26-15-20(3)32-33(26)25-14-7-9-21(16-25)18-29/h4-17,19,27,30H,1-3H3,(H,31,34). The maximum Gasteiger partial charge on any atom is 0.274 e. The Kier molecular flexibility index (Phi) is 6.86. The van der Waals surface area contributed by atoms with Crippen molar-refractivity contribution in [1.82, 2.24) is 15.1 Å². The second-order valence-electron chi connectivity index (χ2n) is 8.49. The van der Waals surface area contributed by atoms with E-state index in [9.17, 15) is 10.1 Å². The van der Waals surface area contributed by atoms with Crippen LogP contribution in [-0.2, 0) is 0 Å². The number of benzene rings is 3. The Morgan fingerprint density at radius 2 is 1.68 bits per heavy atom. The predicted molar refractivity (Wildman–Crippen MR) is 134 cm³/mol. The first kappa shape index (κ1) is 23.0. The summed E-state index contributed by atoms with van der Waals surface area (Å²) in [6.07, 6.45) is 0. The Bertz CT molecular complexity index is 1330. The van der Waals surface area contributed by atoms with E-state index < -0.39 is 0 Å². The number of carbonyl (C=O) groups is 1. The molecule has 1 heterocycles. The molecule has 1 atom stereocenters. The lowest BCUT2D eigenvalue weighted by atomic mass is 9.97. The number of hydrogen-bond acceptors (Lipinski definition) is 4. The zero-order valence-electron chi connectivity index (χ0n) is 19.5. The van der Waals surface area contributed by atoms with Crippen LogP contribution in [0.15, 0.2) is 84.9 Å². The van der Waals surface area contributed by atoms with Crippen molar-refractivity contribution in [3.63, 3.8) is 0 Å². The second kappa shape index (κ2) is 10.2. The summed E-state index contributed by atoms with van der Waals surface area (Å²) in [6.45, 7) is 6.07. The SMILES string of the molecule is Cc1cc(C(=O)Nc2cccc(C(NC(C)C)c3ccccc3)c2)n(-c2cccc(C#N)c2)n1. The highest BCUT2D eigenvalue weighted by atomic mass is 16.2. The van der Waals surface area contributed by atoms with Crippen LogP contribution in [0.5, 0.6) is 0 Å². The van der Waals surface area contributed by atoms with E-state index in [0.717, 1.165) is 11.1 Å². The van der Waals surface area contributed by atoms with Gasteiger partial charge in [-0.25, -0.2) is 4.68 Å². The molecule has 1 unspecified atom stereocenters. The number of aryl methyl sites for hydroxylation is 1. The van der Waals surface area contributed by atoms with E-state index in [-0.39, 0.29) is 18.0 Å². The molecular weight excluding hydrogens is 422 g/mol. The van der Waals surface area contributed by atoms with Gasteiger partial charge in [-0.3, -0.25) is 4.79 Å². The molecule has 0 saturated heterocycles. The molecule has 2 N–H and O–H groups in total. The second-order valence-corrected chi connectivity index (χ2v) is 8.49. The number of hydrogen-bond donors (Lipinski definition) is 2. The molecule has 0 fully saturated rings. The third-order valence-corrected chi connectivity index (χ3v) is 5.39. The van der Waals surface area contributed by atoms with Gasteiger partial charge in [-0.05, 0) is 68.3 Å². The van der Waals surface area contributed by atoms with Gasteiger partial charge >= 0.3 is 0 Å². The third-order valence-electron chi connectivity index (χ3n) is 5.39. The smallest absolute Gasteiger partial charge is 0.274 e. The van der Waals surface area contributed by atoms with Crippen LogP contribution in [0, 0.1) is 18.3 Å². The lowest BCUT2D eigenvalue weighted by Crippen LogP contribution is -2.29. The van der Waals surface area contributed by atoms with Gasteiger partial charge in [0, 0.05) is 11.7 Å². The summed E-state index contributed by atoms with van der Waals surface area (Å²) in [5.41, 5.74) is 5.20. The molecule has 0 saturated carbocycles. The molecule has 34 heavy (non-hydrogen) atoms. The number of nitriles is 1. The molecule has 0 radical (unpaired) electrons. The highest BCUT2D eigenvalue weighted by molar-refractivity contribution is 6.03. The minimum absolute atomic E-state index is 0.000420. The van der Waals surface area contributed by atoms with Crippen molar-refractivity contribution in [2.75, 3.05) is 5.32 Å². The average Bonchev–Trinajstić information content (AvgIpc) is 3.25. The molecule has 0 aliphatic rings. The monoisotopic (exact) mass is 449 g/mol. The summed E-state index contributed by atoms with van der Waals surface area (Å²) in [4.78, 5) is 13.3. The van der Waals surface area contributed by atoms with Crippen molar-refractivity contribution < 1.29 is 4.79 Å².